The Kier molecular flexibility index (Phi) is 4.46. The van der Waals surface area contributed by atoms with Crippen molar-refractivity contribution in [3.8, 4) is 0 Å². The summed E-state index contributed by atoms with van der Waals surface area (Å²) >= 11 is 0. The Morgan fingerprint density at radius 3 is 2.65 bits per heavy atom. The average Bonchev–Trinajstić information content (AvgIpc) is 3.16. The molecule has 1 aromatic rings. The number of hydrogen-bond acceptors (Lipinski definition) is 3. The summed E-state index contributed by atoms with van der Waals surface area (Å²) in [5, 5.41) is 2.84. The number of nitrogens with zero attached hydrogens (tertiary/aromatic N) is 1. The molecule has 2 aliphatic rings. The SMILES string of the molecule is CC(=O)c1cccc(NC(=O)[C@H]2CC(=O)N(C3CCCC3)C2)c1. The molecule has 1 atom stereocenters. The molecule has 1 heterocycles. The van der Waals surface area contributed by atoms with E-state index in [4.69, 9.17) is 0 Å². The Bertz CT molecular complexity index is 635. The second-order valence-corrected chi connectivity index (χ2v) is 6.51. The Morgan fingerprint density at radius 1 is 1.22 bits per heavy atom. The third-order valence-corrected chi connectivity index (χ3v) is 4.83. The number of ketones is 1. The lowest BCUT2D eigenvalue weighted by atomic mass is 10.1. The van der Waals surface area contributed by atoms with Crippen LogP contribution in [0.4, 0.5) is 5.69 Å². The molecule has 5 heteroatoms. The van der Waals surface area contributed by atoms with Gasteiger partial charge in [0.15, 0.2) is 5.78 Å². The van der Waals surface area contributed by atoms with Gasteiger partial charge >= 0.3 is 0 Å². The van der Waals surface area contributed by atoms with Crippen molar-refractivity contribution in [3.05, 3.63) is 29.8 Å². The number of Topliss-reactive ketones (excluding diaryl/α,β-unsaturated/α-hetero) is 1. The molecule has 0 unspecified atom stereocenters. The number of anilines is 1. The van der Waals surface area contributed by atoms with Crippen molar-refractivity contribution in [1.82, 2.24) is 4.90 Å². The molecule has 1 saturated carbocycles. The number of likely N-dealkylation sites (tertiary alicyclic amines) is 1. The molecule has 23 heavy (non-hydrogen) atoms. The van der Waals surface area contributed by atoms with E-state index in [0.717, 1.165) is 12.8 Å². The first-order chi connectivity index (χ1) is 11.0. The summed E-state index contributed by atoms with van der Waals surface area (Å²) in [6.07, 6.45) is 4.74. The number of carbonyl (C=O) groups excluding carboxylic acids is 3. The minimum absolute atomic E-state index is 0.0375. The van der Waals surface area contributed by atoms with Crippen LogP contribution >= 0.6 is 0 Å². The smallest absolute Gasteiger partial charge is 0.229 e. The van der Waals surface area contributed by atoms with Crippen molar-refractivity contribution in [2.45, 2.75) is 45.1 Å². The fourth-order valence-electron chi connectivity index (χ4n) is 3.54. The Morgan fingerprint density at radius 2 is 1.96 bits per heavy atom. The molecule has 3 rings (SSSR count). The van der Waals surface area contributed by atoms with Gasteiger partial charge in [0.1, 0.15) is 0 Å². The molecule has 0 bridgehead atoms. The molecule has 1 aliphatic carbocycles. The van der Waals surface area contributed by atoms with Crippen LogP contribution in [-0.2, 0) is 9.59 Å². The summed E-state index contributed by atoms with van der Waals surface area (Å²) in [4.78, 5) is 37.9. The second kappa shape index (κ2) is 6.52. The minimum Gasteiger partial charge on any atom is -0.339 e. The molecule has 0 radical (unpaired) electrons. The summed E-state index contributed by atoms with van der Waals surface area (Å²) in [5.41, 5.74) is 1.17. The highest BCUT2D eigenvalue weighted by atomic mass is 16.2. The Hall–Kier alpha value is -2.17. The van der Waals surface area contributed by atoms with Gasteiger partial charge in [0, 0.05) is 30.3 Å². The maximum absolute atomic E-state index is 12.4. The van der Waals surface area contributed by atoms with Gasteiger partial charge in [-0.3, -0.25) is 14.4 Å². The van der Waals surface area contributed by atoms with E-state index >= 15 is 0 Å². The zero-order valence-corrected chi connectivity index (χ0v) is 13.4. The normalized spacial score (nSPS) is 21.7. The lowest BCUT2D eigenvalue weighted by Gasteiger charge is -2.23. The zero-order valence-electron chi connectivity index (χ0n) is 13.4. The minimum atomic E-state index is -0.302. The summed E-state index contributed by atoms with van der Waals surface area (Å²) < 4.78 is 0. The zero-order chi connectivity index (χ0) is 16.4. The summed E-state index contributed by atoms with van der Waals surface area (Å²) in [5.74, 6) is -0.386. The van der Waals surface area contributed by atoms with Crippen LogP contribution in [0, 0.1) is 5.92 Å². The van der Waals surface area contributed by atoms with Gasteiger partial charge in [-0.15, -0.1) is 0 Å². The van der Waals surface area contributed by atoms with E-state index < -0.39 is 0 Å². The fraction of sp³-hybridized carbons (Fsp3) is 0.500. The lowest BCUT2D eigenvalue weighted by Crippen LogP contribution is -2.35. The molecule has 1 saturated heterocycles. The molecule has 1 N–H and O–H groups in total. The van der Waals surface area contributed by atoms with Crippen molar-refractivity contribution >= 4 is 23.3 Å². The summed E-state index contributed by atoms with van der Waals surface area (Å²) in [6, 6.07) is 7.22. The Labute approximate surface area is 136 Å². The standard InChI is InChI=1S/C18H22N2O3/c1-12(21)13-5-4-6-15(9-13)19-18(23)14-10-17(22)20(11-14)16-7-2-3-8-16/h4-6,9,14,16H,2-3,7-8,10-11H2,1H3,(H,19,23)/t14-/m0/s1. The van der Waals surface area contributed by atoms with Crippen molar-refractivity contribution in [2.24, 2.45) is 5.92 Å². The molecule has 1 aromatic carbocycles. The van der Waals surface area contributed by atoms with E-state index in [1.54, 1.807) is 24.3 Å². The average molecular weight is 314 g/mol. The van der Waals surface area contributed by atoms with Crippen LogP contribution < -0.4 is 5.32 Å². The molecular formula is C18H22N2O3. The van der Waals surface area contributed by atoms with Gasteiger partial charge in [-0.2, -0.15) is 0 Å². The molecule has 0 spiro atoms. The van der Waals surface area contributed by atoms with Crippen LogP contribution in [0.5, 0.6) is 0 Å². The number of nitrogens with one attached hydrogen (secondary N) is 1. The molecule has 5 nitrogen and oxygen atoms in total. The molecule has 2 fully saturated rings. The maximum Gasteiger partial charge on any atom is 0.229 e. The van der Waals surface area contributed by atoms with Crippen LogP contribution in [0.15, 0.2) is 24.3 Å². The first-order valence-electron chi connectivity index (χ1n) is 8.26. The number of amides is 2. The van der Waals surface area contributed by atoms with Crippen molar-refractivity contribution < 1.29 is 14.4 Å². The van der Waals surface area contributed by atoms with E-state index in [1.807, 2.05) is 4.90 Å². The third kappa shape index (κ3) is 3.44. The molecule has 0 aromatic heterocycles. The van der Waals surface area contributed by atoms with Crippen LogP contribution in [0.25, 0.3) is 0 Å². The van der Waals surface area contributed by atoms with Gasteiger partial charge < -0.3 is 10.2 Å². The number of benzene rings is 1. The van der Waals surface area contributed by atoms with Gasteiger partial charge in [-0.25, -0.2) is 0 Å². The van der Waals surface area contributed by atoms with Gasteiger partial charge in [0.2, 0.25) is 11.8 Å². The van der Waals surface area contributed by atoms with E-state index in [1.165, 1.54) is 19.8 Å². The largest absolute Gasteiger partial charge is 0.339 e. The van der Waals surface area contributed by atoms with E-state index in [-0.39, 0.29) is 29.9 Å². The monoisotopic (exact) mass is 314 g/mol. The van der Waals surface area contributed by atoms with E-state index in [9.17, 15) is 14.4 Å². The first kappa shape index (κ1) is 15.7. The van der Waals surface area contributed by atoms with E-state index in [0.29, 0.717) is 23.8 Å². The van der Waals surface area contributed by atoms with Crippen molar-refractivity contribution in [3.63, 3.8) is 0 Å². The van der Waals surface area contributed by atoms with Gasteiger partial charge in [-0.05, 0) is 31.9 Å². The highest BCUT2D eigenvalue weighted by molar-refractivity contribution is 5.99. The predicted octanol–water partition coefficient (Wildman–Crippen LogP) is 2.62. The van der Waals surface area contributed by atoms with Crippen LogP contribution in [0.2, 0.25) is 0 Å². The maximum atomic E-state index is 12.4. The predicted molar refractivity (Wildman–Crippen MR) is 87.2 cm³/mol. The number of rotatable bonds is 4. The van der Waals surface area contributed by atoms with Crippen LogP contribution in [-0.4, -0.2) is 35.1 Å². The topological polar surface area (TPSA) is 66.5 Å². The molecule has 2 amide bonds. The highest BCUT2D eigenvalue weighted by Gasteiger charge is 2.38. The second-order valence-electron chi connectivity index (χ2n) is 6.51. The number of carbonyl (C=O) groups is 3. The first-order valence-corrected chi connectivity index (χ1v) is 8.26. The fourth-order valence-corrected chi connectivity index (χ4v) is 3.54. The van der Waals surface area contributed by atoms with Crippen LogP contribution in [0.3, 0.4) is 0 Å². The number of hydrogen-bond donors (Lipinski definition) is 1. The molecule has 122 valence electrons. The van der Waals surface area contributed by atoms with Crippen molar-refractivity contribution in [2.75, 3.05) is 11.9 Å². The van der Waals surface area contributed by atoms with Gasteiger partial charge in [0.25, 0.3) is 0 Å². The molecular weight excluding hydrogens is 292 g/mol. The molecule has 1 aliphatic heterocycles. The Balaban J connectivity index is 1.63. The summed E-state index contributed by atoms with van der Waals surface area (Å²) in [6.45, 7) is 2.01. The lowest BCUT2D eigenvalue weighted by molar-refractivity contribution is -0.129. The van der Waals surface area contributed by atoms with Crippen LogP contribution in [0.1, 0.15) is 49.4 Å². The quantitative estimate of drug-likeness (QED) is 0.869. The van der Waals surface area contributed by atoms with E-state index in [2.05, 4.69) is 5.32 Å². The van der Waals surface area contributed by atoms with Gasteiger partial charge in [-0.1, -0.05) is 25.0 Å². The highest BCUT2D eigenvalue weighted by Crippen LogP contribution is 2.30. The van der Waals surface area contributed by atoms with Crippen molar-refractivity contribution in [1.29, 1.82) is 0 Å². The third-order valence-electron chi connectivity index (χ3n) is 4.83. The van der Waals surface area contributed by atoms with Gasteiger partial charge in [0.05, 0.1) is 5.92 Å². The summed E-state index contributed by atoms with van der Waals surface area (Å²) in [7, 11) is 0.